The van der Waals surface area contributed by atoms with E-state index in [1.165, 1.54) is 7.11 Å². The molecule has 1 fully saturated rings. The SMILES string of the molecule is COC(=O)Cc1ccc(NC(=S)N2CCC(C(O)(c3ccccc3)c3ccccc3)CC2)cc1. The van der Waals surface area contributed by atoms with E-state index in [2.05, 4.69) is 10.2 Å². The van der Waals surface area contributed by atoms with Gasteiger partial charge in [0.2, 0.25) is 0 Å². The second kappa shape index (κ2) is 10.8. The summed E-state index contributed by atoms with van der Waals surface area (Å²) < 4.78 is 4.72. The zero-order valence-electron chi connectivity index (χ0n) is 19.3. The molecule has 0 aromatic heterocycles. The number of nitrogens with one attached hydrogen (secondary N) is 1. The first-order valence-electron chi connectivity index (χ1n) is 11.6. The van der Waals surface area contributed by atoms with Crippen LogP contribution in [0, 0.1) is 5.92 Å². The van der Waals surface area contributed by atoms with Gasteiger partial charge in [0.15, 0.2) is 5.11 Å². The lowest BCUT2D eigenvalue weighted by atomic mass is 9.72. The van der Waals surface area contributed by atoms with E-state index in [-0.39, 0.29) is 18.3 Å². The predicted octanol–water partition coefficient (Wildman–Crippen LogP) is 4.75. The highest BCUT2D eigenvalue weighted by atomic mass is 32.1. The predicted molar refractivity (Wildman–Crippen MR) is 139 cm³/mol. The summed E-state index contributed by atoms with van der Waals surface area (Å²) in [7, 11) is 1.39. The summed E-state index contributed by atoms with van der Waals surface area (Å²) in [5.74, 6) is -0.181. The minimum atomic E-state index is -1.04. The summed E-state index contributed by atoms with van der Waals surface area (Å²) in [6, 6.07) is 27.5. The smallest absolute Gasteiger partial charge is 0.309 e. The monoisotopic (exact) mass is 474 g/mol. The highest BCUT2D eigenvalue weighted by Crippen LogP contribution is 2.41. The van der Waals surface area contributed by atoms with Crippen LogP contribution >= 0.6 is 12.2 Å². The molecule has 4 rings (SSSR count). The number of benzene rings is 3. The van der Waals surface area contributed by atoms with Gasteiger partial charge in [-0.2, -0.15) is 0 Å². The molecule has 0 aliphatic carbocycles. The molecular formula is C28H30N2O3S. The average Bonchev–Trinajstić information content (AvgIpc) is 2.90. The van der Waals surface area contributed by atoms with E-state index in [4.69, 9.17) is 17.0 Å². The maximum Gasteiger partial charge on any atom is 0.309 e. The third-order valence-electron chi connectivity index (χ3n) is 6.58. The van der Waals surface area contributed by atoms with Gasteiger partial charge < -0.3 is 20.1 Å². The number of esters is 1. The van der Waals surface area contributed by atoms with Crippen LogP contribution in [0.3, 0.4) is 0 Å². The lowest BCUT2D eigenvalue weighted by Gasteiger charge is -2.43. The molecule has 176 valence electrons. The number of carbonyl (C=O) groups is 1. The molecule has 1 heterocycles. The quantitative estimate of drug-likeness (QED) is 0.397. The Morgan fingerprint density at radius 1 is 0.971 bits per heavy atom. The third kappa shape index (κ3) is 5.29. The topological polar surface area (TPSA) is 61.8 Å². The first-order valence-corrected chi connectivity index (χ1v) is 12.0. The van der Waals surface area contributed by atoms with Crippen molar-refractivity contribution < 1.29 is 14.6 Å². The molecule has 0 atom stereocenters. The minimum absolute atomic E-state index is 0.0777. The number of piperidine rings is 1. The highest BCUT2D eigenvalue weighted by Gasteiger charge is 2.41. The minimum Gasteiger partial charge on any atom is -0.469 e. The number of rotatable bonds is 6. The van der Waals surface area contributed by atoms with Gasteiger partial charge in [-0.15, -0.1) is 0 Å². The molecule has 6 heteroatoms. The van der Waals surface area contributed by atoms with Crippen LogP contribution in [0.1, 0.15) is 29.5 Å². The number of hydrogen-bond donors (Lipinski definition) is 2. The molecule has 3 aromatic rings. The fraction of sp³-hybridized carbons (Fsp3) is 0.286. The van der Waals surface area contributed by atoms with E-state index in [0.29, 0.717) is 5.11 Å². The van der Waals surface area contributed by atoms with Gasteiger partial charge in [-0.3, -0.25) is 4.79 Å². The summed E-state index contributed by atoms with van der Waals surface area (Å²) in [4.78, 5) is 13.6. The first-order chi connectivity index (χ1) is 16.5. The Morgan fingerprint density at radius 3 is 2.00 bits per heavy atom. The van der Waals surface area contributed by atoms with Gasteiger partial charge in [-0.05, 0) is 59.8 Å². The van der Waals surface area contributed by atoms with Gasteiger partial charge >= 0.3 is 5.97 Å². The molecule has 1 saturated heterocycles. The van der Waals surface area contributed by atoms with Crippen molar-refractivity contribution in [3.05, 3.63) is 102 Å². The van der Waals surface area contributed by atoms with E-state index in [9.17, 15) is 9.90 Å². The second-order valence-corrected chi connectivity index (χ2v) is 9.03. The van der Waals surface area contributed by atoms with Gasteiger partial charge in [-0.1, -0.05) is 72.8 Å². The van der Waals surface area contributed by atoms with E-state index in [1.54, 1.807) is 0 Å². The van der Waals surface area contributed by atoms with Crippen molar-refractivity contribution in [1.82, 2.24) is 4.90 Å². The fourth-order valence-electron chi connectivity index (χ4n) is 4.67. The van der Waals surface area contributed by atoms with Crippen LogP contribution in [0.25, 0.3) is 0 Å². The van der Waals surface area contributed by atoms with Crippen molar-refractivity contribution in [3.8, 4) is 0 Å². The van der Waals surface area contributed by atoms with Gasteiger partial charge in [0, 0.05) is 18.8 Å². The molecule has 0 amide bonds. The van der Waals surface area contributed by atoms with E-state index in [0.717, 1.165) is 48.3 Å². The molecule has 1 aliphatic heterocycles. The summed E-state index contributed by atoms with van der Waals surface area (Å²) in [6.45, 7) is 1.53. The Kier molecular flexibility index (Phi) is 7.60. The number of hydrogen-bond acceptors (Lipinski definition) is 4. The van der Waals surface area contributed by atoms with Crippen LogP contribution in [-0.2, 0) is 21.6 Å². The van der Waals surface area contributed by atoms with Crippen LogP contribution in [0.2, 0.25) is 0 Å². The summed E-state index contributed by atoms with van der Waals surface area (Å²) >= 11 is 5.67. The average molecular weight is 475 g/mol. The molecule has 34 heavy (non-hydrogen) atoms. The van der Waals surface area contributed by atoms with Gasteiger partial charge in [0.25, 0.3) is 0 Å². The number of ether oxygens (including phenoxy) is 1. The lowest BCUT2D eigenvalue weighted by Crippen LogP contribution is -2.47. The summed E-state index contributed by atoms with van der Waals surface area (Å²) in [5, 5.41) is 16.0. The number of nitrogens with zero attached hydrogens (tertiary/aromatic N) is 1. The van der Waals surface area contributed by atoms with Crippen molar-refractivity contribution in [2.75, 3.05) is 25.5 Å². The van der Waals surface area contributed by atoms with Crippen LogP contribution in [0.5, 0.6) is 0 Å². The van der Waals surface area contributed by atoms with Crippen LogP contribution in [0.15, 0.2) is 84.9 Å². The van der Waals surface area contributed by atoms with Crippen LogP contribution in [-0.4, -0.2) is 41.3 Å². The summed E-state index contributed by atoms with van der Waals surface area (Å²) in [6.07, 6.45) is 1.89. The molecule has 1 aliphatic rings. The maximum absolute atomic E-state index is 12.0. The number of carbonyl (C=O) groups excluding carboxylic acids is 1. The standard InChI is InChI=1S/C28H30N2O3S/c1-33-26(31)20-21-12-14-25(15-13-21)29-27(34)30-18-16-24(17-19-30)28(32,22-8-4-2-5-9-22)23-10-6-3-7-11-23/h2-15,24,32H,16-20H2,1H3,(H,29,34). The number of thiocarbonyl (C=S) groups is 1. The number of likely N-dealkylation sites (tertiary alicyclic amines) is 1. The van der Waals surface area contributed by atoms with E-state index in [1.807, 2.05) is 84.9 Å². The molecule has 0 saturated carbocycles. The van der Waals surface area contributed by atoms with Gasteiger partial charge in [-0.25, -0.2) is 0 Å². The normalized spacial score (nSPS) is 14.5. The largest absolute Gasteiger partial charge is 0.469 e. The Morgan fingerprint density at radius 2 is 1.50 bits per heavy atom. The van der Waals surface area contributed by atoms with Crippen molar-refractivity contribution >= 4 is 29.0 Å². The Hall–Kier alpha value is -3.22. The van der Waals surface area contributed by atoms with Crippen molar-refractivity contribution in [3.63, 3.8) is 0 Å². The lowest BCUT2D eigenvalue weighted by molar-refractivity contribution is -0.139. The molecule has 0 unspecified atom stereocenters. The zero-order valence-corrected chi connectivity index (χ0v) is 20.1. The highest BCUT2D eigenvalue weighted by molar-refractivity contribution is 7.80. The summed E-state index contributed by atoms with van der Waals surface area (Å²) in [5.41, 5.74) is 2.58. The van der Waals surface area contributed by atoms with Crippen molar-refractivity contribution in [1.29, 1.82) is 0 Å². The third-order valence-corrected chi connectivity index (χ3v) is 6.94. The zero-order chi connectivity index (χ0) is 24.0. The van der Waals surface area contributed by atoms with Gasteiger partial charge in [0.05, 0.1) is 13.5 Å². The molecule has 0 bridgehead atoms. The van der Waals surface area contributed by atoms with E-state index >= 15 is 0 Å². The molecule has 0 radical (unpaired) electrons. The maximum atomic E-state index is 12.0. The first kappa shape index (κ1) is 23.9. The Balaban J connectivity index is 1.41. The Bertz CT molecular complexity index is 1060. The van der Waals surface area contributed by atoms with Crippen molar-refractivity contribution in [2.45, 2.75) is 24.9 Å². The molecule has 3 aromatic carbocycles. The van der Waals surface area contributed by atoms with E-state index < -0.39 is 5.60 Å². The van der Waals surface area contributed by atoms with Crippen LogP contribution in [0.4, 0.5) is 5.69 Å². The van der Waals surface area contributed by atoms with Crippen LogP contribution < -0.4 is 5.32 Å². The van der Waals surface area contributed by atoms with Crippen molar-refractivity contribution in [2.24, 2.45) is 5.92 Å². The molecule has 2 N–H and O–H groups in total. The Labute approximate surface area is 206 Å². The number of anilines is 1. The molecule has 5 nitrogen and oxygen atoms in total. The fourth-order valence-corrected chi connectivity index (χ4v) is 4.97. The number of aliphatic hydroxyl groups is 1. The van der Waals surface area contributed by atoms with Gasteiger partial charge in [0.1, 0.15) is 5.60 Å². The molecular weight excluding hydrogens is 444 g/mol. The second-order valence-electron chi connectivity index (χ2n) is 8.64. The molecule has 0 spiro atoms. The number of methoxy groups -OCH3 is 1.